The lowest BCUT2D eigenvalue weighted by Crippen LogP contribution is -1.87. The van der Waals surface area contributed by atoms with Crippen LogP contribution in [0.1, 0.15) is 22.6 Å². The van der Waals surface area contributed by atoms with Gasteiger partial charge in [0.25, 0.3) is 0 Å². The van der Waals surface area contributed by atoms with E-state index in [9.17, 15) is 0 Å². The average molecular weight is 274 g/mol. The standard InChI is InChI=1S/C11H12.C10H10/c1-3-10(4-2)11-8-6-5-7-9-11;1-3-9-7-5-6-8-10(9)4-2/h3-10H,1-2H2;3-8H,1-2H2. The zero-order valence-corrected chi connectivity index (χ0v) is 12.4. The third-order valence-electron chi connectivity index (χ3n) is 3.13. The minimum Gasteiger partial charge on any atom is -0.102 e. The van der Waals surface area contributed by atoms with Crippen molar-refractivity contribution in [3.63, 3.8) is 0 Å². The van der Waals surface area contributed by atoms with Gasteiger partial charge in [-0.2, -0.15) is 0 Å². The van der Waals surface area contributed by atoms with Crippen LogP contribution in [0.25, 0.3) is 12.2 Å². The van der Waals surface area contributed by atoms with E-state index in [2.05, 4.69) is 38.4 Å². The molecule has 0 bridgehead atoms. The molecular formula is C21H22. The maximum Gasteiger partial charge on any atom is 0.0193 e. The Balaban J connectivity index is 0.000000211. The topological polar surface area (TPSA) is 0 Å². The summed E-state index contributed by atoms with van der Waals surface area (Å²) in [6.45, 7) is 14.9. The van der Waals surface area contributed by atoms with E-state index in [-0.39, 0.29) is 5.92 Å². The first kappa shape index (κ1) is 16.5. The van der Waals surface area contributed by atoms with Crippen LogP contribution in [0.2, 0.25) is 0 Å². The highest BCUT2D eigenvalue weighted by Crippen LogP contribution is 2.16. The van der Waals surface area contributed by atoms with Crippen molar-refractivity contribution in [3.8, 4) is 0 Å². The van der Waals surface area contributed by atoms with E-state index in [1.807, 2.05) is 66.8 Å². The number of hydrogen-bond donors (Lipinski definition) is 0. The lowest BCUT2D eigenvalue weighted by atomic mass is 10.00. The average Bonchev–Trinajstić information content (AvgIpc) is 2.57. The van der Waals surface area contributed by atoms with Crippen molar-refractivity contribution in [2.75, 3.05) is 0 Å². The molecule has 106 valence electrons. The second-order valence-corrected chi connectivity index (χ2v) is 4.45. The number of allylic oxidation sites excluding steroid dienone is 2. The molecule has 0 amide bonds. The third-order valence-corrected chi connectivity index (χ3v) is 3.13. The highest BCUT2D eigenvalue weighted by atomic mass is 14.0. The van der Waals surface area contributed by atoms with Gasteiger partial charge < -0.3 is 0 Å². The summed E-state index contributed by atoms with van der Waals surface area (Å²) in [6, 6.07) is 18.2. The van der Waals surface area contributed by atoms with E-state index in [1.54, 1.807) is 0 Å². The van der Waals surface area contributed by atoms with Crippen LogP contribution in [0.15, 0.2) is 93.1 Å². The van der Waals surface area contributed by atoms with Crippen molar-refractivity contribution in [3.05, 3.63) is 110 Å². The zero-order valence-electron chi connectivity index (χ0n) is 12.4. The van der Waals surface area contributed by atoms with Crippen molar-refractivity contribution < 1.29 is 0 Å². The Morgan fingerprint density at radius 2 is 1.05 bits per heavy atom. The largest absolute Gasteiger partial charge is 0.102 e. The molecule has 2 aromatic carbocycles. The maximum atomic E-state index is 3.74. The molecule has 0 aromatic heterocycles. The summed E-state index contributed by atoms with van der Waals surface area (Å²) in [4.78, 5) is 0. The molecule has 0 aliphatic rings. The summed E-state index contributed by atoms with van der Waals surface area (Å²) in [5.74, 6) is 0.288. The van der Waals surface area contributed by atoms with Gasteiger partial charge in [0.1, 0.15) is 0 Å². The predicted molar refractivity (Wildman–Crippen MR) is 96.2 cm³/mol. The smallest absolute Gasteiger partial charge is 0.0193 e. The highest BCUT2D eigenvalue weighted by Gasteiger charge is 1.99. The first-order valence-electron chi connectivity index (χ1n) is 6.90. The molecule has 0 N–H and O–H groups in total. The molecule has 0 radical (unpaired) electrons. The van der Waals surface area contributed by atoms with Crippen LogP contribution in [-0.4, -0.2) is 0 Å². The van der Waals surface area contributed by atoms with Crippen molar-refractivity contribution in [1.82, 2.24) is 0 Å². The molecule has 0 heterocycles. The van der Waals surface area contributed by atoms with Crippen molar-refractivity contribution in [2.45, 2.75) is 5.92 Å². The Kier molecular flexibility index (Phi) is 7.31. The van der Waals surface area contributed by atoms with Gasteiger partial charge in [0, 0.05) is 5.92 Å². The molecule has 21 heavy (non-hydrogen) atoms. The monoisotopic (exact) mass is 274 g/mol. The predicted octanol–water partition coefficient (Wildman–Crippen LogP) is 6.11. The Morgan fingerprint density at radius 1 is 0.619 bits per heavy atom. The minimum absolute atomic E-state index is 0.288. The SMILES string of the molecule is C=CC(C=C)c1ccccc1.C=Cc1ccccc1C=C. The minimum atomic E-state index is 0.288. The molecule has 0 heteroatoms. The maximum absolute atomic E-state index is 3.74. The van der Waals surface area contributed by atoms with Gasteiger partial charge in [0.2, 0.25) is 0 Å². The molecule has 0 aliphatic carbocycles. The van der Waals surface area contributed by atoms with Gasteiger partial charge in [-0.1, -0.05) is 92.1 Å². The van der Waals surface area contributed by atoms with Gasteiger partial charge in [-0.25, -0.2) is 0 Å². The third kappa shape index (κ3) is 5.12. The van der Waals surface area contributed by atoms with Gasteiger partial charge in [0.15, 0.2) is 0 Å². The van der Waals surface area contributed by atoms with Crippen molar-refractivity contribution >= 4 is 12.2 Å². The molecule has 0 nitrogen and oxygen atoms in total. The molecule has 0 aliphatic heterocycles. The van der Waals surface area contributed by atoms with Crippen molar-refractivity contribution in [1.29, 1.82) is 0 Å². The van der Waals surface area contributed by atoms with Crippen LogP contribution in [0, 0.1) is 0 Å². The molecular weight excluding hydrogens is 252 g/mol. The van der Waals surface area contributed by atoms with Gasteiger partial charge in [-0.15, -0.1) is 13.2 Å². The summed E-state index contributed by atoms with van der Waals surface area (Å²) in [5, 5.41) is 0. The normalized spacial score (nSPS) is 9.19. The van der Waals surface area contributed by atoms with E-state index in [1.165, 1.54) is 5.56 Å². The van der Waals surface area contributed by atoms with Gasteiger partial charge in [0.05, 0.1) is 0 Å². The van der Waals surface area contributed by atoms with Crippen LogP contribution in [0.3, 0.4) is 0 Å². The molecule has 0 atom stereocenters. The van der Waals surface area contributed by atoms with E-state index >= 15 is 0 Å². The summed E-state index contributed by atoms with van der Waals surface area (Å²) < 4.78 is 0. The van der Waals surface area contributed by atoms with Crippen LogP contribution in [0.5, 0.6) is 0 Å². The van der Waals surface area contributed by atoms with Crippen LogP contribution in [-0.2, 0) is 0 Å². The quantitative estimate of drug-likeness (QED) is 0.577. The van der Waals surface area contributed by atoms with Gasteiger partial charge in [-0.05, 0) is 16.7 Å². The van der Waals surface area contributed by atoms with Crippen molar-refractivity contribution in [2.24, 2.45) is 0 Å². The first-order valence-corrected chi connectivity index (χ1v) is 6.90. The molecule has 2 aromatic rings. The highest BCUT2D eigenvalue weighted by molar-refractivity contribution is 5.63. The fraction of sp³-hybridized carbons (Fsp3) is 0.0476. The lowest BCUT2D eigenvalue weighted by molar-refractivity contribution is 1.09. The Morgan fingerprint density at radius 3 is 1.43 bits per heavy atom. The zero-order chi connectivity index (χ0) is 15.5. The van der Waals surface area contributed by atoms with Crippen LogP contribution in [0.4, 0.5) is 0 Å². The van der Waals surface area contributed by atoms with E-state index < -0.39 is 0 Å². The fourth-order valence-corrected chi connectivity index (χ4v) is 1.93. The van der Waals surface area contributed by atoms with E-state index in [0.29, 0.717) is 0 Å². The fourth-order valence-electron chi connectivity index (χ4n) is 1.93. The lowest BCUT2D eigenvalue weighted by Gasteiger charge is -2.05. The first-order chi connectivity index (χ1) is 10.3. The second kappa shape index (κ2) is 9.33. The Bertz CT molecular complexity index is 555. The van der Waals surface area contributed by atoms with Crippen LogP contribution >= 0.6 is 0 Å². The number of rotatable bonds is 5. The van der Waals surface area contributed by atoms with E-state index in [0.717, 1.165) is 11.1 Å². The summed E-state index contributed by atoms with van der Waals surface area (Å²) in [5.41, 5.74) is 3.52. The van der Waals surface area contributed by atoms with Gasteiger partial charge in [-0.3, -0.25) is 0 Å². The van der Waals surface area contributed by atoms with Crippen LogP contribution < -0.4 is 0 Å². The Labute approximate surface area is 128 Å². The molecule has 0 saturated carbocycles. The number of hydrogen-bond acceptors (Lipinski definition) is 0. The molecule has 0 saturated heterocycles. The van der Waals surface area contributed by atoms with Gasteiger partial charge >= 0.3 is 0 Å². The molecule has 0 fully saturated rings. The molecule has 0 spiro atoms. The summed E-state index contributed by atoms with van der Waals surface area (Å²) in [7, 11) is 0. The summed E-state index contributed by atoms with van der Waals surface area (Å²) >= 11 is 0. The molecule has 2 rings (SSSR count). The second-order valence-electron chi connectivity index (χ2n) is 4.45. The Hall–Kier alpha value is -2.60. The van der Waals surface area contributed by atoms with E-state index in [4.69, 9.17) is 0 Å². The molecule has 0 unspecified atom stereocenters. The summed E-state index contributed by atoms with van der Waals surface area (Å²) in [6.07, 6.45) is 7.44. The number of benzene rings is 2.